The SMILES string of the molecule is C=CCCCCCCCCC(=CC)CC. The normalized spacial score (nSPS) is 11.7. The number of hydrogen-bond acceptors (Lipinski definition) is 0. The van der Waals surface area contributed by atoms with Gasteiger partial charge in [-0.1, -0.05) is 50.3 Å². The van der Waals surface area contributed by atoms with E-state index in [1.54, 1.807) is 5.57 Å². The van der Waals surface area contributed by atoms with Crippen molar-refractivity contribution in [2.24, 2.45) is 0 Å². The predicted octanol–water partition coefficient (Wildman–Crippen LogP) is 5.65. The van der Waals surface area contributed by atoms with Crippen LogP contribution in [0.5, 0.6) is 0 Å². The fourth-order valence-corrected chi connectivity index (χ4v) is 1.87. The van der Waals surface area contributed by atoms with E-state index in [-0.39, 0.29) is 0 Å². The maximum absolute atomic E-state index is 3.74. The zero-order chi connectivity index (χ0) is 11.4. The molecule has 0 radical (unpaired) electrons. The van der Waals surface area contributed by atoms with E-state index in [0.717, 1.165) is 0 Å². The standard InChI is InChI=1S/C15H28/c1-4-7-8-9-10-11-12-13-14-15(5-2)6-3/h4-5H,1,6-14H2,2-3H3. The third-order valence-corrected chi connectivity index (χ3v) is 3.02. The average Bonchev–Trinajstić information content (AvgIpc) is 2.27. The van der Waals surface area contributed by atoms with Crippen LogP contribution in [0.1, 0.15) is 71.6 Å². The zero-order valence-corrected chi connectivity index (χ0v) is 10.7. The molecule has 0 aliphatic heterocycles. The minimum atomic E-state index is 1.19. The topological polar surface area (TPSA) is 0 Å². The van der Waals surface area contributed by atoms with Crippen molar-refractivity contribution in [3.05, 3.63) is 24.3 Å². The van der Waals surface area contributed by atoms with Crippen LogP contribution in [0.25, 0.3) is 0 Å². The van der Waals surface area contributed by atoms with E-state index in [2.05, 4.69) is 26.5 Å². The van der Waals surface area contributed by atoms with Gasteiger partial charge in [-0.15, -0.1) is 6.58 Å². The molecular formula is C15H28. The lowest BCUT2D eigenvalue weighted by Gasteiger charge is -2.03. The van der Waals surface area contributed by atoms with Crippen molar-refractivity contribution in [1.82, 2.24) is 0 Å². The Morgan fingerprint density at radius 2 is 1.60 bits per heavy atom. The van der Waals surface area contributed by atoms with E-state index < -0.39 is 0 Å². The van der Waals surface area contributed by atoms with Crippen LogP contribution in [0.2, 0.25) is 0 Å². The summed E-state index contributed by atoms with van der Waals surface area (Å²) in [4.78, 5) is 0. The molecule has 0 heteroatoms. The minimum Gasteiger partial charge on any atom is -0.103 e. The molecule has 0 atom stereocenters. The highest BCUT2D eigenvalue weighted by molar-refractivity contribution is 4.98. The van der Waals surface area contributed by atoms with E-state index in [1.165, 1.54) is 57.8 Å². The average molecular weight is 208 g/mol. The molecule has 0 spiro atoms. The van der Waals surface area contributed by atoms with Crippen LogP contribution in [0.3, 0.4) is 0 Å². The van der Waals surface area contributed by atoms with E-state index in [4.69, 9.17) is 0 Å². The van der Waals surface area contributed by atoms with Crippen molar-refractivity contribution in [3.63, 3.8) is 0 Å². The molecule has 0 bridgehead atoms. The monoisotopic (exact) mass is 208 g/mol. The molecule has 0 amide bonds. The summed E-state index contributed by atoms with van der Waals surface area (Å²) in [6, 6.07) is 0. The van der Waals surface area contributed by atoms with Crippen LogP contribution in [0.4, 0.5) is 0 Å². The number of unbranched alkanes of at least 4 members (excludes halogenated alkanes) is 6. The summed E-state index contributed by atoms with van der Waals surface area (Å²) in [5.41, 5.74) is 1.63. The molecule has 0 aliphatic rings. The summed E-state index contributed by atoms with van der Waals surface area (Å²) >= 11 is 0. The molecule has 0 aliphatic carbocycles. The van der Waals surface area contributed by atoms with E-state index in [1.807, 2.05) is 6.08 Å². The van der Waals surface area contributed by atoms with Crippen LogP contribution in [0.15, 0.2) is 24.3 Å². The first-order valence-corrected chi connectivity index (χ1v) is 6.60. The van der Waals surface area contributed by atoms with Gasteiger partial charge in [-0.25, -0.2) is 0 Å². The highest BCUT2D eigenvalue weighted by Crippen LogP contribution is 2.14. The Morgan fingerprint density at radius 3 is 2.13 bits per heavy atom. The first kappa shape index (κ1) is 14.5. The van der Waals surface area contributed by atoms with Gasteiger partial charge in [-0.3, -0.25) is 0 Å². The Kier molecular flexibility index (Phi) is 11.2. The van der Waals surface area contributed by atoms with Crippen LogP contribution < -0.4 is 0 Å². The van der Waals surface area contributed by atoms with Crippen LogP contribution in [-0.4, -0.2) is 0 Å². The van der Waals surface area contributed by atoms with Gasteiger partial charge in [-0.2, -0.15) is 0 Å². The van der Waals surface area contributed by atoms with Gasteiger partial charge < -0.3 is 0 Å². The van der Waals surface area contributed by atoms with Gasteiger partial charge in [0.25, 0.3) is 0 Å². The highest BCUT2D eigenvalue weighted by atomic mass is 14.0. The molecule has 0 unspecified atom stereocenters. The van der Waals surface area contributed by atoms with Crippen molar-refractivity contribution in [3.8, 4) is 0 Å². The van der Waals surface area contributed by atoms with Gasteiger partial charge >= 0.3 is 0 Å². The molecular weight excluding hydrogens is 180 g/mol. The van der Waals surface area contributed by atoms with Gasteiger partial charge in [0, 0.05) is 0 Å². The lowest BCUT2D eigenvalue weighted by Crippen LogP contribution is -1.83. The molecule has 0 aromatic rings. The van der Waals surface area contributed by atoms with Gasteiger partial charge in [-0.05, 0) is 39.0 Å². The molecule has 0 saturated heterocycles. The first-order valence-electron chi connectivity index (χ1n) is 6.60. The lowest BCUT2D eigenvalue weighted by atomic mass is 10.0. The Bertz CT molecular complexity index is 165. The van der Waals surface area contributed by atoms with Crippen molar-refractivity contribution in [1.29, 1.82) is 0 Å². The largest absolute Gasteiger partial charge is 0.103 e. The van der Waals surface area contributed by atoms with Crippen molar-refractivity contribution < 1.29 is 0 Å². The molecule has 0 rings (SSSR count). The third kappa shape index (κ3) is 9.78. The fraction of sp³-hybridized carbons (Fsp3) is 0.733. The quantitative estimate of drug-likeness (QED) is 0.321. The molecule has 0 aromatic carbocycles. The van der Waals surface area contributed by atoms with E-state index >= 15 is 0 Å². The Morgan fingerprint density at radius 1 is 1.00 bits per heavy atom. The second-order valence-electron chi connectivity index (χ2n) is 4.25. The molecule has 88 valence electrons. The fourth-order valence-electron chi connectivity index (χ4n) is 1.87. The molecule has 15 heavy (non-hydrogen) atoms. The Labute approximate surface area is 96.5 Å². The van der Waals surface area contributed by atoms with Gasteiger partial charge in [0.1, 0.15) is 0 Å². The van der Waals surface area contributed by atoms with Crippen molar-refractivity contribution >= 4 is 0 Å². The maximum atomic E-state index is 3.74. The second-order valence-corrected chi connectivity index (χ2v) is 4.25. The van der Waals surface area contributed by atoms with Gasteiger partial charge in [0.2, 0.25) is 0 Å². The number of allylic oxidation sites excluding steroid dienone is 3. The summed E-state index contributed by atoms with van der Waals surface area (Å²) < 4.78 is 0. The third-order valence-electron chi connectivity index (χ3n) is 3.02. The first-order chi connectivity index (χ1) is 7.35. The molecule has 0 aromatic heterocycles. The van der Waals surface area contributed by atoms with E-state index in [9.17, 15) is 0 Å². The van der Waals surface area contributed by atoms with Crippen molar-refractivity contribution in [2.45, 2.75) is 71.6 Å². The number of hydrogen-bond donors (Lipinski definition) is 0. The van der Waals surface area contributed by atoms with E-state index in [0.29, 0.717) is 0 Å². The smallest absolute Gasteiger partial charge is 0.0321 e. The van der Waals surface area contributed by atoms with Crippen molar-refractivity contribution in [2.75, 3.05) is 0 Å². The summed E-state index contributed by atoms with van der Waals surface area (Å²) in [5.74, 6) is 0. The zero-order valence-electron chi connectivity index (χ0n) is 10.7. The molecule has 0 nitrogen and oxygen atoms in total. The van der Waals surface area contributed by atoms with Gasteiger partial charge in [0.15, 0.2) is 0 Å². The second kappa shape index (κ2) is 11.6. The molecule has 0 fully saturated rings. The van der Waals surface area contributed by atoms with Crippen LogP contribution >= 0.6 is 0 Å². The Balaban J connectivity index is 3.14. The minimum absolute atomic E-state index is 1.19. The summed E-state index contributed by atoms with van der Waals surface area (Å²) in [5, 5.41) is 0. The molecule has 0 N–H and O–H groups in total. The Hall–Kier alpha value is -0.520. The lowest BCUT2D eigenvalue weighted by molar-refractivity contribution is 0.593. The van der Waals surface area contributed by atoms with Gasteiger partial charge in [0.05, 0.1) is 0 Å². The van der Waals surface area contributed by atoms with Crippen LogP contribution in [0, 0.1) is 0 Å². The summed E-state index contributed by atoms with van der Waals surface area (Å²) in [6.07, 6.45) is 16.4. The number of rotatable bonds is 10. The van der Waals surface area contributed by atoms with Crippen LogP contribution in [-0.2, 0) is 0 Å². The summed E-state index contributed by atoms with van der Waals surface area (Å²) in [7, 11) is 0. The summed E-state index contributed by atoms with van der Waals surface area (Å²) in [6.45, 7) is 8.16. The molecule has 0 heterocycles. The molecule has 0 saturated carbocycles. The maximum Gasteiger partial charge on any atom is -0.0321 e. The highest BCUT2D eigenvalue weighted by Gasteiger charge is 1.94. The predicted molar refractivity (Wildman–Crippen MR) is 71.2 cm³/mol.